The van der Waals surface area contributed by atoms with Crippen molar-refractivity contribution in [1.82, 2.24) is 4.90 Å². The third kappa shape index (κ3) is 7.99. The van der Waals surface area contributed by atoms with Crippen LogP contribution in [0.2, 0.25) is 0 Å². The number of esters is 1. The first kappa shape index (κ1) is 26.0. The Hall–Kier alpha value is -3.24. The lowest BCUT2D eigenvalue weighted by Gasteiger charge is -2.29. The number of carboxylic acid groups (broad SMARTS) is 2. The lowest BCUT2D eigenvalue weighted by Crippen LogP contribution is -2.38. The summed E-state index contributed by atoms with van der Waals surface area (Å²) in [6.07, 6.45) is 2.25. The molecule has 1 aliphatic heterocycles. The summed E-state index contributed by atoms with van der Waals surface area (Å²) in [5.74, 6) is -3.41. The molecule has 1 amide bonds. The summed E-state index contributed by atoms with van der Waals surface area (Å²) in [5, 5.41) is 20.2. The number of hydrogen-bond acceptors (Lipinski definition) is 7. The van der Waals surface area contributed by atoms with Gasteiger partial charge < -0.3 is 20.3 Å². The van der Waals surface area contributed by atoms with Crippen molar-refractivity contribution in [1.29, 1.82) is 0 Å². The van der Waals surface area contributed by atoms with Crippen molar-refractivity contribution < 1.29 is 34.1 Å². The van der Waals surface area contributed by atoms with Gasteiger partial charge in [-0.25, -0.2) is 14.4 Å². The molecule has 0 aliphatic carbocycles. The zero-order valence-electron chi connectivity index (χ0n) is 18.6. The van der Waals surface area contributed by atoms with Gasteiger partial charge in [-0.3, -0.25) is 9.69 Å². The molecule has 1 aliphatic rings. The Morgan fingerprint density at radius 2 is 1.70 bits per heavy atom. The lowest BCUT2D eigenvalue weighted by molar-refractivity contribution is -0.159. The smallest absolute Gasteiger partial charge is 0.414 e. The quantitative estimate of drug-likeness (QED) is 0.427. The number of carbonyl (C=O) groups is 4. The van der Waals surface area contributed by atoms with Crippen molar-refractivity contribution in [3.05, 3.63) is 41.3 Å². The van der Waals surface area contributed by atoms with E-state index in [9.17, 15) is 9.59 Å². The monoisotopic (exact) mass is 476 g/mol. The molecule has 0 unspecified atom stereocenters. The molecule has 0 radical (unpaired) electrons. The van der Waals surface area contributed by atoms with E-state index in [-0.39, 0.29) is 5.91 Å². The Morgan fingerprint density at radius 1 is 1.09 bits per heavy atom. The number of thiophene rings is 1. The van der Waals surface area contributed by atoms with Gasteiger partial charge in [0.25, 0.3) is 0 Å². The van der Waals surface area contributed by atoms with Crippen LogP contribution in [-0.2, 0) is 19.1 Å². The second-order valence-corrected chi connectivity index (χ2v) is 8.44. The molecule has 3 rings (SSSR count). The third-order valence-corrected chi connectivity index (χ3v) is 5.93. The number of ether oxygens (including phenoxy) is 1. The van der Waals surface area contributed by atoms with E-state index in [1.807, 2.05) is 35.7 Å². The molecule has 1 aromatic carbocycles. The van der Waals surface area contributed by atoms with Crippen LogP contribution in [0, 0.1) is 5.92 Å². The Labute approximate surface area is 196 Å². The molecule has 33 heavy (non-hydrogen) atoms. The van der Waals surface area contributed by atoms with Crippen molar-refractivity contribution in [2.75, 3.05) is 31.6 Å². The predicted octanol–water partition coefficient (Wildman–Crippen LogP) is 3.42. The van der Waals surface area contributed by atoms with Gasteiger partial charge in [0.15, 0.2) is 0 Å². The van der Waals surface area contributed by atoms with Crippen LogP contribution in [0.15, 0.2) is 35.7 Å². The molecule has 0 atom stereocenters. The highest BCUT2D eigenvalue weighted by Gasteiger charge is 2.24. The van der Waals surface area contributed by atoms with Crippen LogP contribution >= 0.6 is 11.3 Å². The number of nitrogens with zero attached hydrogens (tertiary/aromatic N) is 1. The number of carbonyl (C=O) groups excluding carboxylic acids is 2. The fourth-order valence-corrected chi connectivity index (χ4v) is 4.25. The molecule has 2 heterocycles. The summed E-state index contributed by atoms with van der Waals surface area (Å²) in [5.41, 5.74) is 2.16. The van der Waals surface area contributed by atoms with Gasteiger partial charge in [-0.1, -0.05) is 37.3 Å². The summed E-state index contributed by atoms with van der Waals surface area (Å²) in [6, 6.07) is 9.69. The first-order chi connectivity index (χ1) is 15.7. The Kier molecular flexibility index (Phi) is 10.0. The molecule has 9 nitrogen and oxygen atoms in total. The average Bonchev–Trinajstić information content (AvgIpc) is 3.20. The van der Waals surface area contributed by atoms with Crippen LogP contribution in [0.1, 0.15) is 37.0 Å². The van der Waals surface area contributed by atoms with E-state index < -0.39 is 17.9 Å². The van der Waals surface area contributed by atoms with E-state index in [0.29, 0.717) is 23.7 Å². The van der Waals surface area contributed by atoms with Crippen LogP contribution < -0.4 is 5.32 Å². The minimum absolute atomic E-state index is 0.0865. The van der Waals surface area contributed by atoms with Crippen molar-refractivity contribution in [2.24, 2.45) is 5.92 Å². The number of nitrogens with one attached hydrogen (secondary N) is 1. The van der Waals surface area contributed by atoms with Gasteiger partial charge >= 0.3 is 17.9 Å². The normalized spacial score (nSPS) is 14.0. The maximum absolute atomic E-state index is 12.6. The van der Waals surface area contributed by atoms with Crippen LogP contribution in [0.4, 0.5) is 5.00 Å². The van der Waals surface area contributed by atoms with E-state index in [2.05, 4.69) is 17.1 Å². The fraction of sp³-hybridized carbons (Fsp3) is 0.391. The zero-order chi connectivity index (χ0) is 24.4. The molecular formula is C23H28N2O7S. The van der Waals surface area contributed by atoms with Crippen LogP contribution in [0.25, 0.3) is 11.1 Å². The molecular weight excluding hydrogens is 448 g/mol. The Morgan fingerprint density at radius 3 is 2.24 bits per heavy atom. The number of likely N-dealkylation sites (tertiary alicyclic amines) is 1. The van der Waals surface area contributed by atoms with Gasteiger partial charge in [-0.2, -0.15) is 0 Å². The second-order valence-electron chi connectivity index (χ2n) is 7.56. The van der Waals surface area contributed by atoms with E-state index >= 15 is 0 Å². The van der Waals surface area contributed by atoms with Crippen LogP contribution in [0.5, 0.6) is 0 Å². The van der Waals surface area contributed by atoms with Gasteiger partial charge in [0.05, 0.1) is 13.2 Å². The molecule has 0 bridgehead atoms. The summed E-state index contributed by atoms with van der Waals surface area (Å²) < 4.78 is 5.24. The second kappa shape index (κ2) is 12.7. The summed E-state index contributed by atoms with van der Waals surface area (Å²) >= 11 is 1.36. The minimum Gasteiger partial charge on any atom is -0.473 e. The highest BCUT2D eigenvalue weighted by Crippen LogP contribution is 2.36. The van der Waals surface area contributed by atoms with Gasteiger partial charge in [0.1, 0.15) is 10.6 Å². The van der Waals surface area contributed by atoms with Gasteiger partial charge in [-0.05, 0) is 44.3 Å². The first-order valence-electron chi connectivity index (χ1n) is 10.5. The van der Waals surface area contributed by atoms with Gasteiger partial charge in [0, 0.05) is 10.9 Å². The molecule has 1 saturated heterocycles. The number of hydrogen-bond donors (Lipinski definition) is 3. The molecule has 2 aromatic rings. The average molecular weight is 477 g/mol. The highest BCUT2D eigenvalue weighted by atomic mass is 32.1. The first-order valence-corrected chi connectivity index (χ1v) is 11.4. The molecule has 1 aromatic heterocycles. The number of anilines is 1. The van der Waals surface area contributed by atoms with Crippen molar-refractivity contribution >= 4 is 40.2 Å². The summed E-state index contributed by atoms with van der Waals surface area (Å²) in [6.45, 7) is 6.57. The maximum Gasteiger partial charge on any atom is 0.414 e. The van der Waals surface area contributed by atoms with Crippen LogP contribution in [-0.4, -0.2) is 65.2 Å². The number of rotatable bonds is 6. The summed E-state index contributed by atoms with van der Waals surface area (Å²) in [7, 11) is 0. The molecule has 10 heteroatoms. The third-order valence-electron chi connectivity index (χ3n) is 5.03. The van der Waals surface area contributed by atoms with Crippen molar-refractivity contribution in [3.8, 4) is 11.1 Å². The van der Waals surface area contributed by atoms with Crippen LogP contribution in [0.3, 0.4) is 0 Å². The molecule has 178 valence electrons. The fourth-order valence-electron chi connectivity index (χ4n) is 3.28. The topological polar surface area (TPSA) is 133 Å². The number of carboxylic acids is 2. The van der Waals surface area contributed by atoms with E-state index in [1.165, 1.54) is 11.3 Å². The molecule has 0 spiro atoms. The van der Waals surface area contributed by atoms with Gasteiger partial charge in [0.2, 0.25) is 5.91 Å². The molecule has 1 fully saturated rings. The SMILES string of the molecule is CCOC(=O)c1c(-c2ccccc2)csc1NC(=O)CN1CCC(C)CC1.O=C(O)C(=O)O. The number of benzene rings is 1. The maximum atomic E-state index is 12.6. The van der Waals surface area contributed by atoms with E-state index in [0.717, 1.165) is 43.0 Å². The number of piperidine rings is 1. The van der Waals surface area contributed by atoms with Gasteiger partial charge in [-0.15, -0.1) is 11.3 Å². The standard InChI is InChI=1S/C21H26N2O3S.C2H2O4/c1-3-26-21(25)19-17(16-7-5-4-6-8-16)14-27-20(19)22-18(24)13-23-11-9-15(2)10-12-23;3-1(4)2(5)6/h4-8,14-15H,3,9-13H2,1-2H3,(H,22,24);(H,3,4)(H,5,6). The zero-order valence-corrected chi connectivity index (χ0v) is 19.4. The number of aliphatic carboxylic acids is 2. The summed E-state index contributed by atoms with van der Waals surface area (Å²) in [4.78, 5) is 45.5. The molecule has 0 saturated carbocycles. The number of amides is 1. The van der Waals surface area contributed by atoms with Crippen molar-refractivity contribution in [2.45, 2.75) is 26.7 Å². The Balaban J connectivity index is 0.000000569. The minimum atomic E-state index is -1.82. The largest absolute Gasteiger partial charge is 0.473 e. The predicted molar refractivity (Wildman–Crippen MR) is 124 cm³/mol. The van der Waals surface area contributed by atoms with E-state index in [4.69, 9.17) is 24.5 Å². The van der Waals surface area contributed by atoms with E-state index in [1.54, 1.807) is 6.92 Å². The highest BCUT2D eigenvalue weighted by molar-refractivity contribution is 7.15. The Bertz CT molecular complexity index is 954. The molecule has 3 N–H and O–H groups in total. The lowest BCUT2D eigenvalue weighted by atomic mass is 9.99. The van der Waals surface area contributed by atoms with Crippen molar-refractivity contribution in [3.63, 3.8) is 0 Å².